The SMILES string of the molecule is CC(C)N(C)C(=O)c1cc(F)ccc1-n1cc(C2CCC(N3CCN(CCO)CC3)CC2)c2ccncc21. The van der Waals surface area contributed by atoms with Gasteiger partial charge in [-0.3, -0.25) is 19.6 Å². The van der Waals surface area contributed by atoms with Gasteiger partial charge in [0.25, 0.3) is 5.91 Å². The summed E-state index contributed by atoms with van der Waals surface area (Å²) in [5.41, 5.74) is 3.27. The molecule has 1 aliphatic heterocycles. The molecule has 7 nitrogen and oxygen atoms in total. The zero-order chi connectivity index (χ0) is 26.8. The van der Waals surface area contributed by atoms with Crippen LogP contribution in [0.15, 0.2) is 42.9 Å². The molecule has 1 amide bonds. The average molecular weight is 522 g/mol. The number of hydrogen-bond acceptors (Lipinski definition) is 5. The fourth-order valence-electron chi connectivity index (χ4n) is 6.18. The molecule has 5 rings (SSSR count). The van der Waals surface area contributed by atoms with E-state index in [9.17, 15) is 14.3 Å². The molecule has 2 aliphatic rings. The molecule has 3 heterocycles. The van der Waals surface area contributed by atoms with Crippen molar-refractivity contribution in [3.8, 4) is 5.69 Å². The number of aliphatic hydroxyl groups is 1. The second-order valence-electron chi connectivity index (χ2n) is 11.1. The van der Waals surface area contributed by atoms with Crippen LogP contribution < -0.4 is 0 Å². The first-order valence-electron chi connectivity index (χ1n) is 14.0. The van der Waals surface area contributed by atoms with E-state index in [1.807, 2.05) is 30.8 Å². The molecule has 1 aliphatic carbocycles. The Hall–Kier alpha value is -2.81. The number of aliphatic hydroxyl groups excluding tert-OH is 1. The van der Waals surface area contributed by atoms with Gasteiger partial charge in [-0.05, 0) is 75.3 Å². The van der Waals surface area contributed by atoms with Crippen LogP contribution in [0.25, 0.3) is 16.6 Å². The summed E-state index contributed by atoms with van der Waals surface area (Å²) in [5, 5.41) is 10.4. The molecule has 0 spiro atoms. The number of nitrogens with zero attached hydrogens (tertiary/aromatic N) is 5. The van der Waals surface area contributed by atoms with Crippen molar-refractivity contribution in [3.05, 3.63) is 59.8 Å². The maximum absolute atomic E-state index is 14.3. The molecule has 2 aromatic heterocycles. The number of aromatic nitrogens is 2. The van der Waals surface area contributed by atoms with E-state index < -0.39 is 5.82 Å². The Morgan fingerprint density at radius 3 is 2.55 bits per heavy atom. The average Bonchev–Trinajstić information content (AvgIpc) is 3.32. The summed E-state index contributed by atoms with van der Waals surface area (Å²) in [6.45, 7) is 9.13. The van der Waals surface area contributed by atoms with Crippen molar-refractivity contribution in [1.29, 1.82) is 0 Å². The summed E-state index contributed by atoms with van der Waals surface area (Å²) in [5.74, 6) is -0.174. The topological polar surface area (TPSA) is 64.8 Å². The summed E-state index contributed by atoms with van der Waals surface area (Å²) < 4.78 is 16.4. The molecular formula is C30H40FN5O2. The highest BCUT2D eigenvalue weighted by atomic mass is 19.1. The van der Waals surface area contributed by atoms with Gasteiger partial charge in [-0.25, -0.2) is 4.39 Å². The third-order valence-electron chi connectivity index (χ3n) is 8.66. The van der Waals surface area contributed by atoms with Gasteiger partial charge >= 0.3 is 0 Å². The number of hydrogen-bond donors (Lipinski definition) is 1. The van der Waals surface area contributed by atoms with Crippen molar-refractivity contribution in [2.45, 2.75) is 57.5 Å². The number of halogens is 1. The number of fused-ring (bicyclic) bond motifs is 1. The Morgan fingerprint density at radius 1 is 1.13 bits per heavy atom. The minimum Gasteiger partial charge on any atom is -0.395 e. The third kappa shape index (κ3) is 5.35. The zero-order valence-corrected chi connectivity index (χ0v) is 22.8. The summed E-state index contributed by atoms with van der Waals surface area (Å²) >= 11 is 0. The lowest BCUT2D eigenvalue weighted by atomic mass is 9.81. The molecule has 0 radical (unpaired) electrons. The monoisotopic (exact) mass is 521 g/mol. The van der Waals surface area contributed by atoms with Gasteiger partial charge in [-0.2, -0.15) is 0 Å². The van der Waals surface area contributed by atoms with E-state index in [-0.39, 0.29) is 18.6 Å². The van der Waals surface area contributed by atoms with E-state index in [0.717, 1.165) is 56.5 Å². The maximum Gasteiger partial charge on any atom is 0.256 e. The van der Waals surface area contributed by atoms with Crippen LogP contribution in [0.5, 0.6) is 0 Å². The third-order valence-corrected chi connectivity index (χ3v) is 8.66. The Labute approximate surface area is 224 Å². The molecule has 1 N–H and O–H groups in total. The number of β-amino-alcohol motifs (C(OH)–C–C–N with tert-alkyl or cyclic N) is 1. The van der Waals surface area contributed by atoms with Gasteiger partial charge in [0.15, 0.2) is 0 Å². The van der Waals surface area contributed by atoms with Gasteiger partial charge < -0.3 is 14.6 Å². The standard InChI is InChI=1S/C30H40FN5O2/c1-21(2)33(3)30(38)26-18-23(31)6-9-28(26)36-20-27(25-10-11-32-19-29(25)36)22-4-7-24(8-5-22)35-14-12-34(13-15-35)16-17-37/h6,9-11,18-22,24,37H,4-5,7-8,12-17H2,1-3H3. The highest BCUT2D eigenvalue weighted by molar-refractivity contribution is 5.99. The number of carbonyl (C=O) groups is 1. The second kappa shape index (κ2) is 11.5. The Balaban J connectivity index is 1.40. The lowest BCUT2D eigenvalue weighted by Crippen LogP contribution is -2.51. The lowest BCUT2D eigenvalue weighted by Gasteiger charge is -2.42. The molecule has 3 aromatic rings. The van der Waals surface area contributed by atoms with Crippen molar-refractivity contribution >= 4 is 16.8 Å². The largest absolute Gasteiger partial charge is 0.395 e. The minimum atomic E-state index is -0.417. The van der Waals surface area contributed by atoms with Crippen LogP contribution in [0.1, 0.15) is 61.4 Å². The van der Waals surface area contributed by atoms with Crippen LogP contribution in [0.4, 0.5) is 4.39 Å². The van der Waals surface area contributed by atoms with Crippen molar-refractivity contribution < 1.29 is 14.3 Å². The summed E-state index contributed by atoms with van der Waals surface area (Å²) in [6, 6.07) is 7.17. The predicted molar refractivity (Wildman–Crippen MR) is 148 cm³/mol. The molecular weight excluding hydrogens is 481 g/mol. The highest BCUT2D eigenvalue weighted by Gasteiger charge is 2.30. The molecule has 0 unspecified atom stereocenters. The fourth-order valence-corrected chi connectivity index (χ4v) is 6.18. The van der Waals surface area contributed by atoms with E-state index >= 15 is 0 Å². The number of piperazine rings is 1. The van der Waals surface area contributed by atoms with Gasteiger partial charge in [-0.15, -0.1) is 0 Å². The van der Waals surface area contributed by atoms with E-state index in [1.54, 1.807) is 18.0 Å². The van der Waals surface area contributed by atoms with Crippen LogP contribution >= 0.6 is 0 Å². The zero-order valence-electron chi connectivity index (χ0n) is 22.8. The van der Waals surface area contributed by atoms with Crippen LogP contribution in [-0.4, -0.2) is 93.7 Å². The van der Waals surface area contributed by atoms with Crippen LogP contribution in [0.3, 0.4) is 0 Å². The molecule has 204 valence electrons. The predicted octanol–water partition coefficient (Wildman–Crippen LogP) is 4.28. The molecule has 2 fully saturated rings. The maximum atomic E-state index is 14.3. The number of rotatable bonds is 7. The lowest BCUT2D eigenvalue weighted by molar-refractivity contribution is 0.0673. The number of benzene rings is 1. The number of amides is 1. The van der Waals surface area contributed by atoms with E-state index in [1.165, 1.54) is 30.5 Å². The van der Waals surface area contributed by atoms with Crippen LogP contribution in [0, 0.1) is 5.82 Å². The van der Waals surface area contributed by atoms with Crippen molar-refractivity contribution in [1.82, 2.24) is 24.3 Å². The molecule has 0 atom stereocenters. The van der Waals surface area contributed by atoms with Crippen LogP contribution in [-0.2, 0) is 0 Å². The van der Waals surface area contributed by atoms with Crippen molar-refractivity contribution in [2.24, 2.45) is 0 Å². The summed E-state index contributed by atoms with van der Waals surface area (Å²) in [7, 11) is 1.76. The molecule has 1 aromatic carbocycles. The van der Waals surface area contributed by atoms with Gasteiger partial charge in [0.05, 0.1) is 29.6 Å². The van der Waals surface area contributed by atoms with E-state index in [2.05, 4.69) is 27.0 Å². The molecule has 1 saturated heterocycles. The first kappa shape index (κ1) is 26.8. The molecule has 1 saturated carbocycles. The normalized spacial score (nSPS) is 21.3. The van der Waals surface area contributed by atoms with Crippen molar-refractivity contribution in [3.63, 3.8) is 0 Å². The van der Waals surface area contributed by atoms with Crippen molar-refractivity contribution in [2.75, 3.05) is 46.4 Å². The second-order valence-corrected chi connectivity index (χ2v) is 11.1. The van der Waals surface area contributed by atoms with Gasteiger partial charge in [-0.1, -0.05) is 0 Å². The number of carbonyl (C=O) groups excluding carboxylic acids is 1. The quantitative estimate of drug-likeness (QED) is 0.503. The molecule has 0 bridgehead atoms. The van der Waals surface area contributed by atoms with E-state index in [4.69, 9.17) is 0 Å². The smallest absolute Gasteiger partial charge is 0.256 e. The van der Waals surface area contributed by atoms with E-state index in [0.29, 0.717) is 23.2 Å². The fraction of sp³-hybridized carbons (Fsp3) is 0.533. The minimum absolute atomic E-state index is 0.00471. The molecule has 38 heavy (non-hydrogen) atoms. The van der Waals surface area contributed by atoms with Gasteiger partial charge in [0.2, 0.25) is 0 Å². The first-order valence-corrected chi connectivity index (χ1v) is 14.0. The Bertz CT molecular complexity index is 1260. The van der Waals surface area contributed by atoms with Gasteiger partial charge in [0.1, 0.15) is 5.82 Å². The Morgan fingerprint density at radius 2 is 1.87 bits per heavy atom. The first-order chi connectivity index (χ1) is 18.4. The van der Waals surface area contributed by atoms with Gasteiger partial charge in [0, 0.05) is 69.6 Å². The number of pyridine rings is 1. The summed E-state index contributed by atoms with van der Waals surface area (Å²) in [4.78, 5) is 24.3. The Kier molecular flexibility index (Phi) is 8.12. The summed E-state index contributed by atoms with van der Waals surface area (Å²) in [6.07, 6.45) is 10.4. The molecule has 8 heteroatoms. The van der Waals surface area contributed by atoms with Crippen LogP contribution in [0.2, 0.25) is 0 Å². The highest BCUT2D eigenvalue weighted by Crippen LogP contribution is 2.40.